The molecule has 1 aromatic carbocycles. The molecule has 1 fully saturated rings. The van der Waals surface area contributed by atoms with Crippen molar-refractivity contribution in [1.29, 1.82) is 0 Å². The highest BCUT2D eigenvalue weighted by molar-refractivity contribution is 6.21. The van der Waals surface area contributed by atoms with Gasteiger partial charge in [0.2, 0.25) is 0 Å². The van der Waals surface area contributed by atoms with Gasteiger partial charge in [0.25, 0.3) is 0 Å². The Morgan fingerprint density at radius 1 is 1.18 bits per heavy atom. The van der Waals surface area contributed by atoms with Crippen molar-refractivity contribution in [1.82, 2.24) is 4.90 Å². The average Bonchev–Trinajstić information content (AvgIpc) is 2.30. The molecule has 0 amide bonds. The minimum absolute atomic E-state index is 0.133. The normalized spacial score (nSPS) is 19.2. The van der Waals surface area contributed by atoms with Crippen LogP contribution in [0.15, 0.2) is 18.2 Å². The van der Waals surface area contributed by atoms with Crippen molar-refractivity contribution in [2.75, 3.05) is 19.6 Å². The molecule has 17 heavy (non-hydrogen) atoms. The third kappa shape index (κ3) is 3.46. The van der Waals surface area contributed by atoms with Crippen LogP contribution in [0.2, 0.25) is 0 Å². The SMILES string of the molecule is Cc1ccc(C(Cl)CN2CCCCC2)c(C)c1. The van der Waals surface area contributed by atoms with E-state index in [0.29, 0.717) is 0 Å². The van der Waals surface area contributed by atoms with E-state index in [2.05, 4.69) is 36.9 Å². The van der Waals surface area contributed by atoms with Gasteiger partial charge in [-0.1, -0.05) is 30.2 Å². The molecule has 0 spiro atoms. The molecule has 0 saturated carbocycles. The largest absolute Gasteiger partial charge is 0.302 e. The summed E-state index contributed by atoms with van der Waals surface area (Å²) in [6.07, 6.45) is 4.04. The van der Waals surface area contributed by atoms with Crippen LogP contribution in [0, 0.1) is 13.8 Å². The Hall–Kier alpha value is -0.530. The van der Waals surface area contributed by atoms with Gasteiger partial charge in [0.15, 0.2) is 0 Å². The van der Waals surface area contributed by atoms with E-state index < -0.39 is 0 Å². The smallest absolute Gasteiger partial charge is 0.0714 e. The number of hydrogen-bond donors (Lipinski definition) is 0. The van der Waals surface area contributed by atoms with Gasteiger partial charge in [-0.3, -0.25) is 0 Å². The predicted octanol–water partition coefficient (Wildman–Crippen LogP) is 4.07. The third-order valence-corrected chi connectivity index (χ3v) is 4.00. The number of alkyl halides is 1. The van der Waals surface area contributed by atoms with Crippen molar-refractivity contribution >= 4 is 11.6 Å². The summed E-state index contributed by atoms with van der Waals surface area (Å²) in [6, 6.07) is 6.57. The second-order valence-corrected chi connectivity index (χ2v) is 5.72. The zero-order valence-corrected chi connectivity index (χ0v) is 11.6. The van der Waals surface area contributed by atoms with Crippen molar-refractivity contribution in [3.63, 3.8) is 0 Å². The van der Waals surface area contributed by atoms with Crippen LogP contribution < -0.4 is 0 Å². The Balaban J connectivity index is 2.00. The molecule has 0 radical (unpaired) electrons. The maximum Gasteiger partial charge on any atom is 0.0714 e. The molecule has 1 aromatic rings. The first-order valence-electron chi connectivity index (χ1n) is 6.60. The van der Waals surface area contributed by atoms with E-state index in [-0.39, 0.29) is 5.38 Å². The van der Waals surface area contributed by atoms with Crippen LogP contribution in [-0.2, 0) is 0 Å². The molecule has 1 aliphatic heterocycles. The molecule has 1 aliphatic rings. The van der Waals surface area contributed by atoms with E-state index in [1.54, 1.807) is 0 Å². The van der Waals surface area contributed by atoms with Gasteiger partial charge < -0.3 is 4.90 Å². The minimum atomic E-state index is 0.133. The summed E-state index contributed by atoms with van der Waals surface area (Å²) in [4.78, 5) is 2.50. The molecule has 1 atom stereocenters. The maximum absolute atomic E-state index is 6.56. The zero-order chi connectivity index (χ0) is 12.3. The Labute approximate surface area is 110 Å². The quantitative estimate of drug-likeness (QED) is 0.732. The Morgan fingerprint density at radius 2 is 1.88 bits per heavy atom. The summed E-state index contributed by atoms with van der Waals surface area (Å²) in [6.45, 7) is 7.71. The zero-order valence-electron chi connectivity index (χ0n) is 10.9. The Morgan fingerprint density at radius 3 is 2.53 bits per heavy atom. The van der Waals surface area contributed by atoms with Crippen molar-refractivity contribution in [2.24, 2.45) is 0 Å². The summed E-state index contributed by atoms with van der Waals surface area (Å²) >= 11 is 6.56. The van der Waals surface area contributed by atoms with E-state index in [9.17, 15) is 0 Å². The van der Waals surface area contributed by atoms with Gasteiger partial charge in [0.05, 0.1) is 5.38 Å². The second kappa shape index (κ2) is 5.88. The molecular weight excluding hydrogens is 230 g/mol. The molecule has 1 saturated heterocycles. The van der Waals surface area contributed by atoms with Gasteiger partial charge in [-0.15, -0.1) is 11.6 Å². The van der Waals surface area contributed by atoms with Gasteiger partial charge >= 0.3 is 0 Å². The van der Waals surface area contributed by atoms with Crippen LogP contribution in [0.4, 0.5) is 0 Å². The lowest BCUT2D eigenvalue weighted by Crippen LogP contribution is -2.32. The Bertz CT molecular complexity index is 369. The summed E-state index contributed by atoms with van der Waals surface area (Å²) in [5.74, 6) is 0. The van der Waals surface area contributed by atoms with Gasteiger partial charge in [-0.05, 0) is 50.9 Å². The van der Waals surface area contributed by atoms with Gasteiger partial charge in [0.1, 0.15) is 0 Å². The molecular formula is C15H22ClN. The molecule has 0 aliphatic carbocycles. The molecule has 1 unspecified atom stereocenters. The topological polar surface area (TPSA) is 3.24 Å². The van der Waals surface area contributed by atoms with E-state index in [0.717, 1.165) is 6.54 Å². The number of rotatable bonds is 3. The van der Waals surface area contributed by atoms with E-state index in [4.69, 9.17) is 11.6 Å². The van der Waals surface area contributed by atoms with E-state index in [1.165, 1.54) is 49.0 Å². The summed E-state index contributed by atoms with van der Waals surface area (Å²) in [5, 5.41) is 0.133. The van der Waals surface area contributed by atoms with E-state index in [1.807, 2.05) is 0 Å². The summed E-state index contributed by atoms with van der Waals surface area (Å²) < 4.78 is 0. The van der Waals surface area contributed by atoms with Crippen molar-refractivity contribution in [2.45, 2.75) is 38.5 Å². The first-order chi connectivity index (χ1) is 8.16. The molecule has 94 valence electrons. The summed E-state index contributed by atoms with van der Waals surface area (Å²) in [7, 11) is 0. The van der Waals surface area contributed by atoms with Crippen LogP contribution >= 0.6 is 11.6 Å². The van der Waals surface area contributed by atoms with E-state index >= 15 is 0 Å². The van der Waals surface area contributed by atoms with Crippen LogP contribution in [-0.4, -0.2) is 24.5 Å². The molecule has 0 bridgehead atoms. The fourth-order valence-corrected chi connectivity index (χ4v) is 3.08. The van der Waals surface area contributed by atoms with Crippen molar-refractivity contribution in [3.8, 4) is 0 Å². The fraction of sp³-hybridized carbons (Fsp3) is 0.600. The second-order valence-electron chi connectivity index (χ2n) is 5.19. The molecule has 1 heterocycles. The van der Waals surface area contributed by atoms with Gasteiger partial charge in [-0.2, -0.15) is 0 Å². The summed E-state index contributed by atoms with van der Waals surface area (Å²) in [5.41, 5.74) is 3.93. The highest BCUT2D eigenvalue weighted by Crippen LogP contribution is 2.26. The highest BCUT2D eigenvalue weighted by Gasteiger charge is 2.17. The number of hydrogen-bond acceptors (Lipinski definition) is 1. The Kier molecular flexibility index (Phi) is 4.47. The number of likely N-dealkylation sites (tertiary alicyclic amines) is 1. The standard InChI is InChI=1S/C15H22ClN/c1-12-6-7-14(13(2)10-12)15(16)11-17-8-4-3-5-9-17/h6-7,10,15H,3-5,8-9,11H2,1-2H3. The monoisotopic (exact) mass is 251 g/mol. The molecule has 2 rings (SSSR count). The fourth-order valence-electron chi connectivity index (χ4n) is 2.64. The van der Waals surface area contributed by atoms with Crippen LogP contribution in [0.5, 0.6) is 0 Å². The number of halogens is 1. The van der Waals surface area contributed by atoms with Gasteiger partial charge in [0, 0.05) is 6.54 Å². The molecule has 0 N–H and O–H groups in total. The lowest BCUT2D eigenvalue weighted by atomic mass is 10.0. The first kappa shape index (κ1) is 12.9. The minimum Gasteiger partial charge on any atom is -0.302 e. The van der Waals surface area contributed by atoms with Gasteiger partial charge in [-0.25, -0.2) is 0 Å². The van der Waals surface area contributed by atoms with Crippen LogP contribution in [0.25, 0.3) is 0 Å². The lowest BCUT2D eigenvalue weighted by molar-refractivity contribution is 0.229. The highest BCUT2D eigenvalue weighted by atomic mass is 35.5. The molecule has 1 nitrogen and oxygen atoms in total. The number of nitrogens with zero attached hydrogens (tertiary/aromatic N) is 1. The first-order valence-corrected chi connectivity index (χ1v) is 7.04. The van der Waals surface area contributed by atoms with Crippen LogP contribution in [0.3, 0.4) is 0 Å². The number of benzene rings is 1. The molecule has 0 aromatic heterocycles. The third-order valence-electron chi connectivity index (χ3n) is 3.63. The lowest BCUT2D eigenvalue weighted by Gasteiger charge is -2.28. The van der Waals surface area contributed by atoms with Crippen molar-refractivity contribution in [3.05, 3.63) is 34.9 Å². The van der Waals surface area contributed by atoms with Crippen molar-refractivity contribution < 1.29 is 0 Å². The average molecular weight is 252 g/mol. The molecule has 2 heteroatoms. The number of aryl methyl sites for hydroxylation is 2. The van der Waals surface area contributed by atoms with Crippen LogP contribution in [0.1, 0.15) is 41.3 Å². The maximum atomic E-state index is 6.56. The number of piperidine rings is 1. The predicted molar refractivity (Wildman–Crippen MR) is 74.8 cm³/mol.